The summed E-state index contributed by atoms with van der Waals surface area (Å²) in [6.07, 6.45) is 0.906. The molecule has 0 aromatic heterocycles. The van der Waals surface area contributed by atoms with Gasteiger partial charge in [-0.1, -0.05) is 59.8 Å². The highest BCUT2D eigenvalue weighted by Crippen LogP contribution is 2.02. The summed E-state index contributed by atoms with van der Waals surface area (Å²) in [6.45, 7) is 3.79. The van der Waals surface area contributed by atoms with Gasteiger partial charge in [0.2, 0.25) is 0 Å². The molecule has 0 fully saturated rings. The molecule has 0 aliphatic carbocycles. The number of halogens is 1. The Labute approximate surface area is 132 Å². The predicted molar refractivity (Wildman–Crippen MR) is 88.3 cm³/mol. The first kappa shape index (κ1) is 16.6. The molecule has 1 aromatic rings. The lowest BCUT2D eigenvalue weighted by atomic mass is 10.2. The van der Waals surface area contributed by atoms with E-state index in [4.69, 9.17) is 10.1 Å². The Hall–Kier alpha value is -1.44. The average molecular weight is 387 g/mol. The van der Waals surface area contributed by atoms with E-state index in [0.717, 1.165) is 12.0 Å². The number of benzene rings is 1. The van der Waals surface area contributed by atoms with E-state index in [1.807, 2.05) is 37.3 Å². The number of esters is 1. The van der Waals surface area contributed by atoms with Crippen molar-refractivity contribution in [1.82, 2.24) is 5.43 Å². The van der Waals surface area contributed by atoms with E-state index in [1.54, 1.807) is 6.92 Å². The van der Waals surface area contributed by atoms with Crippen molar-refractivity contribution >= 4 is 40.0 Å². The third kappa shape index (κ3) is 5.68. The van der Waals surface area contributed by atoms with Crippen LogP contribution in [0.4, 0.5) is 0 Å². The molecule has 20 heavy (non-hydrogen) atoms. The second-order valence-electron chi connectivity index (χ2n) is 4.14. The van der Waals surface area contributed by atoms with Gasteiger partial charge in [-0.3, -0.25) is 10.8 Å². The second kappa shape index (κ2) is 8.68. The lowest BCUT2D eigenvalue weighted by Crippen LogP contribution is -2.27. The maximum atomic E-state index is 11.7. The van der Waals surface area contributed by atoms with Crippen molar-refractivity contribution in [2.45, 2.75) is 30.9 Å². The number of ether oxygens (including phenoxy) is 1. The van der Waals surface area contributed by atoms with Gasteiger partial charge in [-0.05, 0) is 18.9 Å². The highest BCUT2D eigenvalue weighted by atomic mass is 127. The molecule has 0 aliphatic rings. The minimum atomic E-state index is -0.668. The molecule has 0 amide bonds. The molecule has 0 saturated heterocycles. The van der Waals surface area contributed by atoms with E-state index in [1.165, 1.54) is 0 Å². The zero-order valence-electron chi connectivity index (χ0n) is 11.5. The van der Waals surface area contributed by atoms with Gasteiger partial charge in [-0.25, -0.2) is 4.79 Å². The molecule has 0 spiro atoms. The highest BCUT2D eigenvalue weighted by Gasteiger charge is 2.14. The van der Waals surface area contributed by atoms with E-state index in [-0.39, 0.29) is 16.4 Å². The molecular formula is C14H18IN3O2. The third-order valence-corrected chi connectivity index (χ3v) is 3.67. The van der Waals surface area contributed by atoms with Crippen LogP contribution in [0.1, 0.15) is 25.8 Å². The molecule has 1 unspecified atom stereocenters. The minimum absolute atomic E-state index is 0.159. The smallest absolute Gasteiger partial charge is 0.358 e. The van der Waals surface area contributed by atoms with Crippen LogP contribution in [0, 0.1) is 5.41 Å². The lowest BCUT2D eigenvalue weighted by Gasteiger charge is -2.08. The zero-order chi connectivity index (χ0) is 15.0. The summed E-state index contributed by atoms with van der Waals surface area (Å²) >= 11 is 2.20. The van der Waals surface area contributed by atoms with E-state index >= 15 is 0 Å². The van der Waals surface area contributed by atoms with Gasteiger partial charge in [-0.2, -0.15) is 5.10 Å². The van der Waals surface area contributed by atoms with Crippen molar-refractivity contribution in [1.29, 1.82) is 5.41 Å². The molecule has 1 atom stereocenters. The fraction of sp³-hybridized carbons (Fsp3) is 0.357. The molecule has 6 heteroatoms. The third-order valence-electron chi connectivity index (χ3n) is 2.51. The van der Waals surface area contributed by atoms with Crippen LogP contribution in [-0.4, -0.2) is 21.4 Å². The molecule has 2 N–H and O–H groups in total. The molecule has 0 bridgehead atoms. The second-order valence-corrected chi connectivity index (χ2v) is 5.64. The van der Waals surface area contributed by atoms with Crippen molar-refractivity contribution in [2.24, 2.45) is 5.10 Å². The van der Waals surface area contributed by atoms with Crippen LogP contribution in [0.3, 0.4) is 0 Å². The predicted octanol–water partition coefficient (Wildman–Crippen LogP) is 2.89. The fourth-order valence-corrected chi connectivity index (χ4v) is 1.40. The maximum Gasteiger partial charge on any atom is 0.358 e. The van der Waals surface area contributed by atoms with Crippen LogP contribution in [0.2, 0.25) is 0 Å². The first-order valence-electron chi connectivity index (χ1n) is 6.28. The van der Waals surface area contributed by atoms with E-state index < -0.39 is 5.97 Å². The lowest BCUT2D eigenvalue weighted by molar-refractivity contribution is -0.136. The summed E-state index contributed by atoms with van der Waals surface area (Å²) in [6, 6.07) is 9.36. The average Bonchev–Trinajstić information content (AvgIpc) is 2.49. The number of nitrogens with one attached hydrogen (secondary N) is 2. The van der Waals surface area contributed by atoms with Gasteiger partial charge >= 0.3 is 5.97 Å². The number of alkyl halides is 1. The number of hydrogen-bond donors (Lipinski definition) is 2. The normalized spacial score (nSPS) is 12.7. The van der Waals surface area contributed by atoms with E-state index in [2.05, 4.69) is 33.1 Å². The Bertz CT molecular complexity index is 488. The first-order chi connectivity index (χ1) is 9.54. The largest absolute Gasteiger partial charge is 0.456 e. The fourth-order valence-electron chi connectivity index (χ4n) is 1.26. The maximum absolute atomic E-state index is 11.7. The summed E-state index contributed by atoms with van der Waals surface area (Å²) in [7, 11) is 0. The van der Waals surface area contributed by atoms with Crippen LogP contribution in [0.25, 0.3) is 0 Å². The summed E-state index contributed by atoms with van der Waals surface area (Å²) < 4.78 is 5.25. The SMILES string of the molecule is CCC(I)NN=C(C)C(=N)C(=O)OCc1ccccc1. The zero-order valence-corrected chi connectivity index (χ0v) is 13.7. The van der Waals surface area contributed by atoms with Crippen LogP contribution >= 0.6 is 22.6 Å². The van der Waals surface area contributed by atoms with E-state index in [9.17, 15) is 4.79 Å². The van der Waals surface area contributed by atoms with Crippen LogP contribution in [0.5, 0.6) is 0 Å². The number of rotatable bonds is 7. The number of hydrazone groups is 1. The number of carbonyl (C=O) groups is 1. The van der Waals surface area contributed by atoms with Gasteiger partial charge in [0.05, 0.1) is 9.76 Å². The number of carbonyl (C=O) groups excluding carboxylic acids is 1. The van der Waals surface area contributed by atoms with Crippen LogP contribution in [-0.2, 0) is 16.1 Å². The quantitative estimate of drug-likeness (QED) is 0.189. The minimum Gasteiger partial charge on any atom is -0.456 e. The van der Waals surface area contributed by atoms with Gasteiger partial charge in [0.15, 0.2) is 5.71 Å². The molecular weight excluding hydrogens is 369 g/mol. The molecule has 0 aliphatic heterocycles. The molecule has 108 valence electrons. The van der Waals surface area contributed by atoms with Gasteiger partial charge in [0.1, 0.15) is 6.61 Å². The summed E-state index contributed by atoms with van der Waals surface area (Å²) in [5, 5.41) is 11.7. The molecule has 0 saturated carbocycles. The molecule has 1 aromatic carbocycles. The molecule has 0 heterocycles. The number of hydrogen-bond acceptors (Lipinski definition) is 5. The molecule has 0 radical (unpaired) electrons. The number of nitrogens with zero attached hydrogens (tertiary/aromatic N) is 1. The van der Waals surface area contributed by atoms with Crippen molar-refractivity contribution < 1.29 is 9.53 Å². The Morgan fingerprint density at radius 3 is 2.70 bits per heavy atom. The Morgan fingerprint density at radius 1 is 1.45 bits per heavy atom. The van der Waals surface area contributed by atoms with Crippen molar-refractivity contribution in [3.63, 3.8) is 0 Å². The van der Waals surface area contributed by atoms with Crippen molar-refractivity contribution in [3.05, 3.63) is 35.9 Å². The Kier molecular flexibility index (Phi) is 7.21. The van der Waals surface area contributed by atoms with Crippen LogP contribution < -0.4 is 5.43 Å². The highest BCUT2D eigenvalue weighted by molar-refractivity contribution is 14.1. The van der Waals surface area contributed by atoms with E-state index in [0.29, 0.717) is 5.71 Å². The topological polar surface area (TPSA) is 74.5 Å². The Balaban J connectivity index is 2.48. The summed E-state index contributed by atoms with van der Waals surface area (Å²) in [5.74, 6) is -0.668. The summed E-state index contributed by atoms with van der Waals surface area (Å²) in [5.41, 5.74) is 3.85. The van der Waals surface area contributed by atoms with Crippen LogP contribution in [0.15, 0.2) is 35.4 Å². The Morgan fingerprint density at radius 2 is 2.10 bits per heavy atom. The molecule has 5 nitrogen and oxygen atoms in total. The first-order valence-corrected chi connectivity index (χ1v) is 7.53. The summed E-state index contributed by atoms with van der Waals surface area (Å²) in [4.78, 5) is 11.7. The van der Waals surface area contributed by atoms with Gasteiger partial charge in [-0.15, -0.1) is 0 Å². The standard InChI is InChI=1S/C14H18IN3O2/c1-3-12(15)18-17-10(2)13(16)14(19)20-9-11-7-5-4-6-8-11/h4-8,12,16,18H,3,9H2,1-2H3. The van der Waals surface area contributed by atoms with Gasteiger partial charge < -0.3 is 4.74 Å². The van der Waals surface area contributed by atoms with Crippen molar-refractivity contribution in [2.75, 3.05) is 0 Å². The monoisotopic (exact) mass is 387 g/mol. The van der Waals surface area contributed by atoms with Crippen molar-refractivity contribution in [3.8, 4) is 0 Å². The van der Waals surface area contributed by atoms with Gasteiger partial charge in [0.25, 0.3) is 0 Å². The molecule has 1 rings (SSSR count). The van der Waals surface area contributed by atoms with Gasteiger partial charge in [0, 0.05) is 0 Å².